The summed E-state index contributed by atoms with van der Waals surface area (Å²) in [5.74, 6) is -2.16. The summed E-state index contributed by atoms with van der Waals surface area (Å²) in [6.07, 6.45) is -15.4. The Balaban J connectivity index is 2.87. The lowest BCUT2D eigenvalue weighted by atomic mass is 10.1. The fraction of sp³-hybridized carbons (Fsp3) is 0.364. The zero-order chi connectivity index (χ0) is 16.4. The average molecular weight is 317 g/mol. The number of hydrogen-bond donors (Lipinski definition) is 2. The van der Waals surface area contributed by atoms with Crippen molar-refractivity contribution >= 4 is 5.97 Å². The Morgan fingerprint density at radius 1 is 1.14 bits per heavy atom. The molecule has 1 rings (SSSR count). The van der Waals surface area contributed by atoms with Crippen LogP contribution >= 0.6 is 0 Å². The van der Waals surface area contributed by atoms with Gasteiger partial charge in [0, 0.05) is 0 Å². The highest BCUT2D eigenvalue weighted by Gasteiger charge is 2.59. The van der Waals surface area contributed by atoms with Gasteiger partial charge < -0.3 is 15.6 Å². The second-order valence-electron chi connectivity index (χ2n) is 3.95. The predicted molar refractivity (Wildman–Crippen MR) is 57.5 cm³/mol. The van der Waals surface area contributed by atoms with Gasteiger partial charge in [0.05, 0.1) is 0 Å². The van der Waals surface area contributed by atoms with Gasteiger partial charge in [-0.25, -0.2) is 4.39 Å². The largest absolute Gasteiger partial charge is 0.480 e. The first-order chi connectivity index (χ1) is 9.45. The molecule has 3 N–H and O–H groups in total. The predicted octanol–water partition coefficient (Wildman–Crippen LogP) is 2.64. The summed E-state index contributed by atoms with van der Waals surface area (Å²) in [7, 11) is 0. The average Bonchev–Trinajstić information content (AvgIpc) is 2.36. The number of ether oxygens (including phenoxy) is 1. The van der Waals surface area contributed by atoms with Crippen molar-refractivity contribution in [3.05, 3.63) is 29.8 Å². The van der Waals surface area contributed by atoms with Crippen LogP contribution in [-0.2, 0) is 4.79 Å². The molecule has 0 fully saturated rings. The van der Waals surface area contributed by atoms with Crippen molar-refractivity contribution in [3.8, 4) is 5.75 Å². The molecule has 0 saturated heterocycles. The van der Waals surface area contributed by atoms with Crippen LogP contribution in [0.15, 0.2) is 24.3 Å². The van der Waals surface area contributed by atoms with Crippen LogP contribution in [0.25, 0.3) is 0 Å². The Bertz CT molecular complexity index is 502. The molecule has 1 aromatic rings. The molecule has 0 aliphatic rings. The van der Waals surface area contributed by atoms with E-state index in [2.05, 4.69) is 4.74 Å². The maximum absolute atomic E-state index is 13.0. The van der Waals surface area contributed by atoms with Crippen molar-refractivity contribution in [2.45, 2.75) is 24.5 Å². The Kier molecular flexibility index (Phi) is 4.72. The van der Waals surface area contributed by atoms with Gasteiger partial charge in [0.25, 0.3) is 6.17 Å². The van der Waals surface area contributed by atoms with Gasteiger partial charge in [-0.15, -0.1) is 0 Å². The van der Waals surface area contributed by atoms with E-state index in [1.54, 1.807) is 0 Å². The van der Waals surface area contributed by atoms with Crippen LogP contribution in [0.2, 0.25) is 0 Å². The van der Waals surface area contributed by atoms with Crippen LogP contribution in [-0.4, -0.2) is 29.5 Å². The van der Waals surface area contributed by atoms with Gasteiger partial charge in [-0.1, -0.05) is 12.1 Å². The van der Waals surface area contributed by atoms with Crippen LogP contribution in [0.1, 0.15) is 11.6 Å². The molecule has 0 radical (unpaired) electrons. The highest BCUT2D eigenvalue weighted by atomic mass is 19.4. The quantitative estimate of drug-likeness (QED) is 0.819. The van der Waals surface area contributed by atoms with E-state index in [0.717, 1.165) is 24.3 Å². The van der Waals surface area contributed by atoms with E-state index in [4.69, 9.17) is 10.8 Å². The first-order valence-electron chi connectivity index (χ1n) is 5.31. The maximum atomic E-state index is 13.0. The molecule has 118 valence electrons. The normalized spacial score (nSPS) is 15.4. The molecule has 4 nitrogen and oxygen atoms in total. The van der Waals surface area contributed by atoms with Crippen molar-refractivity contribution in [1.82, 2.24) is 0 Å². The summed E-state index contributed by atoms with van der Waals surface area (Å²) in [4.78, 5) is 10.6. The number of alkyl halides is 6. The summed E-state index contributed by atoms with van der Waals surface area (Å²) < 4.78 is 77.8. The molecule has 21 heavy (non-hydrogen) atoms. The van der Waals surface area contributed by atoms with E-state index in [1.807, 2.05) is 0 Å². The van der Waals surface area contributed by atoms with Crippen molar-refractivity contribution in [2.24, 2.45) is 5.73 Å². The fourth-order valence-corrected chi connectivity index (χ4v) is 1.29. The number of carbonyl (C=O) groups is 1. The third-order valence-electron chi connectivity index (χ3n) is 2.34. The minimum absolute atomic E-state index is 0.00536. The number of carboxylic acids is 1. The van der Waals surface area contributed by atoms with Crippen LogP contribution in [0.4, 0.5) is 26.3 Å². The molecule has 0 aliphatic carbocycles. The van der Waals surface area contributed by atoms with Gasteiger partial charge in [0.2, 0.25) is 0 Å². The molecule has 0 amide bonds. The lowest BCUT2D eigenvalue weighted by Crippen LogP contribution is -2.45. The molecule has 0 bridgehead atoms. The maximum Gasteiger partial charge on any atom is 0.439 e. The van der Waals surface area contributed by atoms with Gasteiger partial charge in [0.15, 0.2) is 0 Å². The van der Waals surface area contributed by atoms with Crippen LogP contribution in [0, 0.1) is 0 Å². The van der Waals surface area contributed by atoms with E-state index in [-0.39, 0.29) is 5.56 Å². The molecular weight excluding hydrogens is 308 g/mol. The zero-order valence-electron chi connectivity index (χ0n) is 10.1. The molecule has 0 heterocycles. The van der Waals surface area contributed by atoms with Gasteiger partial charge in [0.1, 0.15) is 11.8 Å². The Morgan fingerprint density at radius 2 is 1.62 bits per heavy atom. The zero-order valence-corrected chi connectivity index (χ0v) is 10.1. The van der Waals surface area contributed by atoms with Crippen LogP contribution in [0.3, 0.4) is 0 Å². The third-order valence-corrected chi connectivity index (χ3v) is 2.34. The Labute approximate surface area is 114 Å². The summed E-state index contributed by atoms with van der Waals surface area (Å²) in [5, 5.41) is 8.60. The molecule has 2 atom stereocenters. The lowest BCUT2D eigenvalue weighted by Gasteiger charge is -2.23. The van der Waals surface area contributed by atoms with Gasteiger partial charge in [-0.2, -0.15) is 22.0 Å². The molecule has 0 saturated carbocycles. The Morgan fingerprint density at radius 3 is 2.00 bits per heavy atom. The molecule has 1 aromatic carbocycles. The minimum Gasteiger partial charge on any atom is -0.480 e. The first-order valence-corrected chi connectivity index (χ1v) is 5.31. The summed E-state index contributed by atoms with van der Waals surface area (Å²) in [5.41, 5.74) is 5.23. The number of nitrogens with two attached hydrogens (primary N) is 1. The van der Waals surface area contributed by atoms with Crippen LogP contribution in [0.5, 0.6) is 5.75 Å². The standard InChI is InChI=1S/C11H9F6NO3/c12-9(10(13,14)15)11(16,17)21-6-3-1-5(2-4-6)7(18)8(19)20/h1-4,7,9H,18H2,(H,19,20). The van der Waals surface area contributed by atoms with E-state index >= 15 is 0 Å². The topological polar surface area (TPSA) is 72.6 Å². The van der Waals surface area contributed by atoms with Crippen molar-refractivity contribution in [3.63, 3.8) is 0 Å². The monoisotopic (exact) mass is 317 g/mol. The van der Waals surface area contributed by atoms with Gasteiger partial charge in [-0.3, -0.25) is 4.79 Å². The van der Waals surface area contributed by atoms with Gasteiger partial charge in [-0.05, 0) is 17.7 Å². The molecule has 2 unspecified atom stereocenters. The molecule has 0 aliphatic heterocycles. The number of rotatable bonds is 5. The number of hydrogen-bond acceptors (Lipinski definition) is 3. The van der Waals surface area contributed by atoms with E-state index < -0.39 is 36.2 Å². The lowest BCUT2D eigenvalue weighted by molar-refractivity contribution is -0.304. The van der Waals surface area contributed by atoms with Crippen molar-refractivity contribution in [2.75, 3.05) is 0 Å². The fourth-order valence-electron chi connectivity index (χ4n) is 1.29. The van der Waals surface area contributed by atoms with Crippen molar-refractivity contribution in [1.29, 1.82) is 0 Å². The number of benzene rings is 1. The number of halogens is 6. The van der Waals surface area contributed by atoms with E-state index in [9.17, 15) is 31.1 Å². The SMILES string of the molecule is NC(C(=O)O)c1ccc(OC(F)(F)C(F)C(F)(F)F)cc1. The molecule has 0 aromatic heterocycles. The van der Waals surface area contributed by atoms with E-state index in [0.29, 0.717) is 0 Å². The van der Waals surface area contributed by atoms with E-state index in [1.165, 1.54) is 0 Å². The summed E-state index contributed by atoms with van der Waals surface area (Å²) >= 11 is 0. The highest BCUT2D eigenvalue weighted by Crippen LogP contribution is 2.36. The number of carboxylic acid groups (broad SMARTS) is 1. The van der Waals surface area contributed by atoms with Gasteiger partial charge >= 0.3 is 18.3 Å². The first kappa shape index (κ1) is 17.1. The molecular formula is C11H9F6NO3. The Hall–Kier alpha value is -1.97. The summed E-state index contributed by atoms with van der Waals surface area (Å²) in [6.45, 7) is 0. The van der Waals surface area contributed by atoms with Crippen LogP contribution < -0.4 is 10.5 Å². The minimum atomic E-state index is -5.78. The number of aliphatic carboxylic acids is 1. The molecule has 0 spiro atoms. The highest BCUT2D eigenvalue weighted by molar-refractivity contribution is 5.75. The third kappa shape index (κ3) is 4.25. The summed E-state index contributed by atoms with van der Waals surface area (Å²) in [6, 6.07) is 2.00. The smallest absolute Gasteiger partial charge is 0.439 e. The second-order valence-corrected chi connectivity index (χ2v) is 3.95. The van der Waals surface area contributed by atoms with Crippen molar-refractivity contribution < 1.29 is 41.0 Å². The molecule has 10 heteroatoms. The second kappa shape index (κ2) is 5.80.